The number of hydrogen-bond donors (Lipinski definition) is 1. The molecule has 16 heavy (non-hydrogen) atoms. The van der Waals surface area contributed by atoms with Crippen molar-refractivity contribution in [2.45, 2.75) is 52.5 Å². The van der Waals surface area contributed by atoms with Crippen molar-refractivity contribution in [1.82, 2.24) is 9.78 Å². The van der Waals surface area contributed by atoms with Crippen molar-refractivity contribution in [3.05, 3.63) is 11.8 Å². The van der Waals surface area contributed by atoms with Crippen LogP contribution in [0.25, 0.3) is 0 Å². The lowest BCUT2D eigenvalue weighted by Crippen LogP contribution is -2.28. The van der Waals surface area contributed by atoms with Crippen molar-refractivity contribution in [3.63, 3.8) is 0 Å². The van der Waals surface area contributed by atoms with Crippen LogP contribution < -0.4 is 5.73 Å². The highest BCUT2D eigenvalue weighted by Gasteiger charge is 2.30. The van der Waals surface area contributed by atoms with Gasteiger partial charge in [0.15, 0.2) is 0 Å². The second kappa shape index (κ2) is 4.48. The fraction of sp³-hybridized carbons (Fsp3) is 0.769. The van der Waals surface area contributed by atoms with Crippen molar-refractivity contribution < 1.29 is 0 Å². The molecule has 0 saturated heterocycles. The zero-order chi connectivity index (χ0) is 11.7. The number of hydrogen-bond acceptors (Lipinski definition) is 2. The van der Waals surface area contributed by atoms with E-state index in [1.807, 2.05) is 13.1 Å². The molecule has 1 saturated carbocycles. The smallest absolute Gasteiger partial charge is 0.124 e. The number of nitrogens with zero attached hydrogens (tertiary/aromatic N) is 2. The molecule has 2 N–H and O–H groups in total. The summed E-state index contributed by atoms with van der Waals surface area (Å²) in [4.78, 5) is 0. The Morgan fingerprint density at radius 2 is 2.06 bits per heavy atom. The molecule has 3 nitrogen and oxygen atoms in total. The van der Waals surface area contributed by atoms with Gasteiger partial charge in [-0.05, 0) is 31.6 Å². The van der Waals surface area contributed by atoms with Crippen molar-refractivity contribution in [3.8, 4) is 0 Å². The van der Waals surface area contributed by atoms with Gasteiger partial charge in [0.05, 0.1) is 12.2 Å². The molecule has 1 aromatic rings. The van der Waals surface area contributed by atoms with Gasteiger partial charge in [-0.15, -0.1) is 0 Å². The number of rotatable bonds is 2. The van der Waals surface area contributed by atoms with Crippen LogP contribution in [0.3, 0.4) is 0 Å². The second-order valence-electron chi connectivity index (χ2n) is 5.42. The maximum absolute atomic E-state index is 6.10. The molecular formula is C13H23N3. The molecule has 1 aromatic heterocycles. The first kappa shape index (κ1) is 11.5. The quantitative estimate of drug-likeness (QED) is 0.833. The van der Waals surface area contributed by atoms with Gasteiger partial charge in [0.25, 0.3) is 0 Å². The SMILES string of the molecule is Cc1cnn(C2CCCCC2C(C)C)c1N. The average molecular weight is 221 g/mol. The summed E-state index contributed by atoms with van der Waals surface area (Å²) < 4.78 is 2.07. The van der Waals surface area contributed by atoms with E-state index in [-0.39, 0.29) is 0 Å². The highest BCUT2D eigenvalue weighted by molar-refractivity contribution is 5.37. The lowest BCUT2D eigenvalue weighted by atomic mass is 9.78. The van der Waals surface area contributed by atoms with Crippen LogP contribution in [0.5, 0.6) is 0 Å². The molecule has 1 aliphatic carbocycles. The third-order valence-corrected chi connectivity index (χ3v) is 3.98. The van der Waals surface area contributed by atoms with Gasteiger partial charge in [-0.3, -0.25) is 0 Å². The van der Waals surface area contributed by atoms with Gasteiger partial charge in [0.1, 0.15) is 5.82 Å². The summed E-state index contributed by atoms with van der Waals surface area (Å²) in [6.07, 6.45) is 7.11. The minimum Gasteiger partial charge on any atom is -0.384 e. The maximum atomic E-state index is 6.10. The third-order valence-electron chi connectivity index (χ3n) is 3.98. The van der Waals surface area contributed by atoms with Crippen LogP contribution in [0, 0.1) is 18.8 Å². The molecule has 0 aliphatic heterocycles. The van der Waals surface area contributed by atoms with Crippen molar-refractivity contribution in [1.29, 1.82) is 0 Å². The minimum atomic E-state index is 0.516. The number of aromatic nitrogens is 2. The topological polar surface area (TPSA) is 43.8 Å². The fourth-order valence-corrected chi connectivity index (χ4v) is 2.94. The molecular weight excluding hydrogens is 198 g/mol. The van der Waals surface area contributed by atoms with E-state index < -0.39 is 0 Å². The summed E-state index contributed by atoms with van der Waals surface area (Å²) in [5.41, 5.74) is 7.20. The number of nitrogen functional groups attached to an aromatic ring is 1. The lowest BCUT2D eigenvalue weighted by Gasteiger charge is -2.35. The number of aryl methyl sites for hydroxylation is 1. The Hall–Kier alpha value is -0.990. The van der Waals surface area contributed by atoms with E-state index in [1.54, 1.807) is 0 Å². The molecule has 1 fully saturated rings. The first-order chi connectivity index (χ1) is 7.61. The first-order valence-corrected chi connectivity index (χ1v) is 6.41. The van der Waals surface area contributed by atoms with E-state index in [9.17, 15) is 0 Å². The summed E-state index contributed by atoms with van der Waals surface area (Å²) in [6.45, 7) is 6.66. The molecule has 0 aromatic carbocycles. The van der Waals surface area contributed by atoms with Crippen LogP contribution in [0.15, 0.2) is 6.20 Å². The Kier molecular flexibility index (Phi) is 3.22. The van der Waals surface area contributed by atoms with Crippen molar-refractivity contribution in [2.75, 3.05) is 5.73 Å². The predicted octanol–water partition coefficient (Wildman–Crippen LogP) is 3.16. The van der Waals surface area contributed by atoms with E-state index in [2.05, 4.69) is 23.6 Å². The molecule has 90 valence electrons. The molecule has 2 atom stereocenters. The highest BCUT2D eigenvalue weighted by Crippen LogP contribution is 2.39. The van der Waals surface area contributed by atoms with Gasteiger partial charge in [-0.1, -0.05) is 26.7 Å². The van der Waals surface area contributed by atoms with Gasteiger partial charge in [0.2, 0.25) is 0 Å². The zero-order valence-electron chi connectivity index (χ0n) is 10.6. The maximum Gasteiger partial charge on any atom is 0.124 e. The van der Waals surface area contributed by atoms with Gasteiger partial charge >= 0.3 is 0 Å². The number of nitrogens with two attached hydrogens (primary N) is 1. The molecule has 0 radical (unpaired) electrons. The summed E-state index contributed by atoms with van der Waals surface area (Å²) in [7, 11) is 0. The highest BCUT2D eigenvalue weighted by atomic mass is 15.3. The summed E-state index contributed by atoms with van der Waals surface area (Å²) in [6, 6.07) is 0.516. The predicted molar refractivity (Wildman–Crippen MR) is 67.2 cm³/mol. The molecule has 1 heterocycles. The van der Waals surface area contributed by atoms with Crippen LogP contribution in [-0.2, 0) is 0 Å². The van der Waals surface area contributed by atoms with Crippen LogP contribution in [0.2, 0.25) is 0 Å². The molecule has 3 heteroatoms. The molecule has 2 unspecified atom stereocenters. The Morgan fingerprint density at radius 1 is 1.38 bits per heavy atom. The van der Waals surface area contributed by atoms with E-state index >= 15 is 0 Å². The van der Waals surface area contributed by atoms with Gasteiger partial charge < -0.3 is 5.73 Å². The van der Waals surface area contributed by atoms with E-state index in [0.717, 1.165) is 17.3 Å². The largest absolute Gasteiger partial charge is 0.384 e. The first-order valence-electron chi connectivity index (χ1n) is 6.41. The Balaban J connectivity index is 2.26. The normalized spacial score (nSPS) is 26.2. The Morgan fingerprint density at radius 3 is 2.62 bits per heavy atom. The van der Waals surface area contributed by atoms with Crippen molar-refractivity contribution >= 4 is 5.82 Å². The van der Waals surface area contributed by atoms with Gasteiger partial charge in [-0.2, -0.15) is 5.10 Å². The molecule has 0 bridgehead atoms. The second-order valence-corrected chi connectivity index (χ2v) is 5.42. The molecule has 0 amide bonds. The summed E-state index contributed by atoms with van der Waals surface area (Å²) in [5, 5.41) is 4.46. The lowest BCUT2D eigenvalue weighted by molar-refractivity contribution is 0.174. The van der Waals surface area contributed by atoms with Crippen LogP contribution >= 0.6 is 0 Å². The van der Waals surface area contributed by atoms with Gasteiger partial charge in [0, 0.05) is 5.56 Å². The molecule has 1 aliphatic rings. The van der Waals surface area contributed by atoms with Crippen LogP contribution in [0.4, 0.5) is 5.82 Å². The summed E-state index contributed by atoms with van der Waals surface area (Å²) in [5.74, 6) is 2.31. The van der Waals surface area contributed by atoms with E-state index in [4.69, 9.17) is 5.73 Å². The fourth-order valence-electron chi connectivity index (χ4n) is 2.94. The van der Waals surface area contributed by atoms with Crippen LogP contribution in [0.1, 0.15) is 51.1 Å². The molecule has 0 spiro atoms. The standard InChI is InChI=1S/C13H23N3/c1-9(2)11-6-4-5-7-12(11)16-13(14)10(3)8-15-16/h8-9,11-12H,4-7,14H2,1-3H3. The average Bonchev–Trinajstić information content (AvgIpc) is 2.60. The monoisotopic (exact) mass is 221 g/mol. The Labute approximate surface area is 98.0 Å². The van der Waals surface area contributed by atoms with Crippen LogP contribution in [-0.4, -0.2) is 9.78 Å². The Bertz CT molecular complexity index is 354. The third kappa shape index (κ3) is 1.95. The summed E-state index contributed by atoms with van der Waals surface area (Å²) >= 11 is 0. The molecule has 2 rings (SSSR count). The zero-order valence-corrected chi connectivity index (χ0v) is 10.6. The van der Waals surface area contributed by atoms with Gasteiger partial charge in [-0.25, -0.2) is 4.68 Å². The minimum absolute atomic E-state index is 0.516. The number of anilines is 1. The van der Waals surface area contributed by atoms with E-state index in [0.29, 0.717) is 12.0 Å². The van der Waals surface area contributed by atoms with Crippen molar-refractivity contribution in [2.24, 2.45) is 11.8 Å². The van der Waals surface area contributed by atoms with E-state index in [1.165, 1.54) is 25.7 Å².